The van der Waals surface area contributed by atoms with Crippen LogP contribution in [0.2, 0.25) is 0 Å². The van der Waals surface area contributed by atoms with Crippen molar-refractivity contribution in [1.82, 2.24) is 15.2 Å². The van der Waals surface area contributed by atoms with E-state index in [1.807, 2.05) is 0 Å². The molecule has 0 aliphatic rings. The summed E-state index contributed by atoms with van der Waals surface area (Å²) in [5.74, 6) is 5.51. The Morgan fingerprint density at radius 3 is 2.93 bits per heavy atom. The van der Waals surface area contributed by atoms with Gasteiger partial charge in [-0.1, -0.05) is 17.9 Å². The first kappa shape index (κ1) is 18.1. The molecule has 1 aromatic carbocycles. The lowest BCUT2D eigenvalue weighted by Gasteiger charge is -2.10. The van der Waals surface area contributed by atoms with Crippen molar-refractivity contribution < 1.29 is 19.7 Å². The van der Waals surface area contributed by atoms with Crippen molar-refractivity contribution in [3.05, 3.63) is 59.9 Å². The van der Waals surface area contributed by atoms with Gasteiger partial charge in [0.1, 0.15) is 18.1 Å². The van der Waals surface area contributed by atoms with Crippen molar-refractivity contribution in [3.8, 4) is 29.0 Å². The van der Waals surface area contributed by atoms with Crippen LogP contribution in [0.5, 0.6) is 5.75 Å². The zero-order chi connectivity index (χ0) is 19.1. The first-order valence-corrected chi connectivity index (χ1v) is 7.92. The predicted octanol–water partition coefficient (Wildman–Crippen LogP) is 2.57. The molecule has 0 unspecified atom stereocenters. The summed E-state index contributed by atoms with van der Waals surface area (Å²) in [6.45, 7) is -0.0981. The molecule has 0 saturated carbocycles. The van der Waals surface area contributed by atoms with Gasteiger partial charge in [-0.2, -0.15) is 5.10 Å². The smallest absolute Gasteiger partial charge is 0.274 e. The maximum absolute atomic E-state index is 12.6. The highest BCUT2D eigenvalue weighted by Gasteiger charge is 2.13. The molecule has 0 aliphatic heterocycles. The minimum atomic E-state index is -0.373. The van der Waals surface area contributed by atoms with Crippen molar-refractivity contribution in [3.63, 3.8) is 0 Å². The third-order valence-corrected chi connectivity index (χ3v) is 3.58. The van der Waals surface area contributed by atoms with Crippen LogP contribution in [0, 0.1) is 11.8 Å². The largest absolute Gasteiger partial charge is 0.495 e. The summed E-state index contributed by atoms with van der Waals surface area (Å²) in [6.07, 6.45) is 1.62. The molecule has 3 N–H and O–H groups in total. The molecule has 0 fully saturated rings. The molecule has 3 aromatic rings. The normalized spacial score (nSPS) is 10.0. The number of hydrogen-bond donors (Lipinski definition) is 3. The third kappa shape index (κ3) is 4.49. The summed E-state index contributed by atoms with van der Waals surface area (Å²) in [7, 11) is 1.50. The molecule has 1 amide bonds. The summed E-state index contributed by atoms with van der Waals surface area (Å²) in [5.41, 5.74) is 2.73. The quantitative estimate of drug-likeness (QED) is 0.365. The van der Waals surface area contributed by atoms with E-state index >= 15 is 0 Å². The fraction of sp³-hybridized carbons (Fsp3) is 0.105. The van der Waals surface area contributed by atoms with E-state index in [0.29, 0.717) is 22.7 Å². The number of aromatic nitrogens is 3. The number of rotatable bonds is 5. The number of carbonyl (C=O) groups excluding carboxylic acids is 1. The van der Waals surface area contributed by atoms with Gasteiger partial charge in [0.25, 0.3) is 5.91 Å². The number of H-pyrrole nitrogens is 1. The molecule has 3 rings (SSSR count). The third-order valence-electron chi connectivity index (χ3n) is 3.58. The number of ether oxygens (including phenoxy) is 1. The Morgan fingerprint density at radius 1 is 1.30 bits per heavy atom. The van der Waals surface area contributed by atoms with Gasteiger partial charge in [0.2, 0.25) is 0 Å². The first-order chi connectivity index (χ1) is 13.2. The second-order valence-corrected chi connectivity index (χ2v) is 5.32. The number of amides is 1. The molecule has 2 aromatic heterocycles. The molecule has 0 bridgehead atoms. The molecule has 0 aliphatic carbocycles. The molecule has 0 atom stereocenters. The van der Waals surface area contributed by atoms with Gasteiger partial charge in [0.15, 0.2) is 0 Å². The van der Waals surface area contributed by atoms with Crippen molar-refractivity contribution in [2.45, 2.75) is 0 Å². The molecule has 136 valence electrons. The van der Waals surface area contributed by atoms with Crippen molar-refractivity contribution in [2.75, 3.05) is 19.0 Å². The lowest BCUT2D eigenvalue weighted by molar-refractivity contribution is -0.229. The number of anilines is 1. The number of methoxy groups -OCH3 is 1. The number of nitrogens with one attached hydrogen (secondary N) is 2. The second kappa shape index (κ2) is 8.62. The highest BCUT2D eigenvalue weighted by atomic mass is 17.1. The van der Waals surface area contributed by atoms with Gasteiger partial charge >= 0.3 is 0 Å². The lowest BCUT2D eigenvalue weighted by atomic mass is 10.2. The van der Waals surface area contributed by atoms with Crippen molar-refractivity contribution in [1.29, 1.82) is 0 Å². The van der Waals surface area contributed by atoms with Crippen LogP contribution in [-0.4, -0.2) is 40.1 Å². The molecule has 0 radical (unpaired) electrons. The summed E-state index contributed by atoms with van der Waals surface area (Å²) < 4.78 is 5.31. The zero-order valence-electron chi connectivity index (χ0n) is 14.4. The monoisotopic (exact) mass is 364 g/mol. The standard InChI is InChI=1S/C19H16N4O4/c1-26-18-12-13(4-3-11-27-25)7-8-16(18)22-19(24)17-6-2-5-14(21-17)15-9-10-20-23-15/h2,5-10,12,25H,11H2,1H3,(H,20,23)(H,22,24). The second-order valence-electron chi connectivity index (χ2n) is 5.32. The topological polar surface area (TPSA) is 109 Å². The van der Waals surface area contributed by atoms with Gasteiger partial charge in [-0.15, -0.1) is 0 Å². The van der Waals surface area contributed by atoms with Crippen LogP contribution in [0.15, 0.2) is 48.7 Å². The highest BCUT2D eigenvalue weighted by Crippen LogP contribution is 2.26. The van der Waals surface area contributed by atoms with Crippen LogP contribution in [0.25, 0.3) is 11.4 Å². The van der Waals surface area contributed by atoms with Crippen LogP contribution in [-0.2, 0) is 4.89 Å². The van der Waals surface area contributed by atoms with E-state index in [1.165, 1.54) is 7.11 Å². The van der Waals surface area contributed by atoms with E-state index in [-0.39, 0.29) is 18.2 Å². The number of aromatic amines is 1. The Morgan fingerprint density at radius 2 is 2.19 bits per heavy atom. The Labute approximate surface area is 155 Å². The van der Waals surface area contributed by atoms with Crippen LogP contribution < -0.4 is 10.1 Å². The zero-order valence-corrected chi connectivity index (χ0v) is 14.4. The Balaban J connectivity index is 1.80. The van der Waals surface area contributed by atoms with E-state index in [2.05, 4.69) is 37.2 Å². The average Bonchev–Trinajstić information content (AvgIpc) is 3.24. The fourth-order valence-electron chi connectivity index (χ4n) is 2.34. The van der Waals surface area contributed by atoms with Gasteiger partial charge in [0.05, 0.1) is 24.2 Å². The maximum Gasteiger partial charge on any atom is 0.274 e. The van der Waals surface area contributed by atoms with E-state index in [0.717, 1.165) is 5.69 Å². The van der Waals surface area contributed by atoms with E-state index in [1.54, 1.807) is 48.7 Å². The van der Waals surface area contributed by atoms with Gasteiger partial charge in [-0.05, 0) is 36.4 Å². The summed E-state index contributed by atoms with van der Waals surface area (Å²) in [4.78, 5) is 20.8. The predicted molar refractivity (Wildman–Crippen MR) is 98.2 cm³/mol. The molecule has 27 heavy (non-hydrogen) atoms. The Hall–Kier alpha value is -3.67. The maximum atomic E-state index is 12.6. The van der Waals surface area contributed by atoms with Crippen molar-refractivity contribution >= 4 is 11.6 Å². The summed E-state index contributed by atoms with van der Waals surface area (Å²) in [6, 6.07) is 12.0. The van der Waals surface area contributed by atoms with Gasteiger partial charge in [0, 0.05) is 11.8 Å². The van der Waals surface area contributed by atoms with Gasteiger partial charge < -0.3 is 10.1 Å². The molecule has 8 nitrogen and oxygen atoms in total. The Kier molecular flexibility index (Phi) is 5.79. The minimum Gasteiger partial charge on any atom is -0.495 e. The Bertz CT molecular complexity index is 990. The number of nitrogens with zero attached hydrogens (tertiary/aromatic N) is 2. The minimum absolute atomic E-state index is 0.0981. The van der Waals surface area contributed by atoms with Gasteiger partial charge in [-0.25, -0.2) is 9.87 Å². The van der Waals surface area contributed by atoms with Gasteiger partial charge in [-0.3, -0.25) is 15.2 Å². The van der Waals surface area contributed by atoms with E-state index in [4.69, 9.17) is 9.99 Å². The van der Waals surface area contributed by atoms with Crippen LogP contribution >= 0.6 is 0 Å². The van der Waals surface area contributed by atoms with Crippen LogP contribution in [0.4, 0.5) is 5.69 Å². The lowest BCUT2D eigenvalue weighted by Crippen LogP contribution is -2.14. The van der Waals surface area contributed by atoms with E-state index in [9.17, 15) is 4.79 Å². The molecule has 8 heteroatoms. The molecular formula is C19H16N4O4. The fourth-order valence-corrected chi connectivity index (χ4v) is 2.34. The average molecular weight is 364 g/mol. The highest BCUT2D eigenvalue weighted by molar-refractivity contribution is 6.04. The van der Waals surface area contributed by atoms with E-state index < -0.39 is 0 Å². The molecular weight excluding hydrogens is 348 g/mol. The van der Waals surface area contributed by atoms with Crippen LogP contribution in [0.3, 0.4) is 0 Å². The molecule has 2 heterocycles. The molecule has 0 spiro atoms. The first-order valence-electron chi connectivity index (χ1n) is 7.92. The summed E-state index contributed by atoms with van der Waals surface area (Å²) in [5, 5.41) is 17.8. The number of carbonyl (C=O) groups is 1. The van der Waals surface area contributed by atoms with Crippen LogP contribution in [0.1, 0.15) is 16.1 Å². The SMILES string of the molecule is COc1cc(C#CCOO)ccc1NC(=O)c1cccc(-c2ccn[nH]2)n1. The molecule has 0 saturated heterocycles. The number of pyridine rings is 1. The summed E-state index contributed by atoms with van der Waals surface area (Å²) >= 11 is 0. The van der Waals surface area contributed by atoms with Crippen molar-refractivity contribution in [2.24, 2.45) is 0 Å². The number of hydrogen-bond acceptors (Lipinski definition) is 6. The number of benzene rings is 1.